The van der Waals surface area contributed by atoms with Crippen LogP contribution in [-0.4, -0.2) is 27.2 Å². The van der Waals surface area contributed by atoms with Crippen molar-refractivity contribution in [3.63, 3.8) is 0 Å². The average molecular weight is 209 g/mol. The Morgan fingerprint density at radius 2 is 1.80 bits per heavy atom. The maximum atomic E-state index is 11.5. The minimum Gasteiger partial charge on any atom is -0.496 e. The molecule has 4 heteroatoms. The van der Waals surface area contributed by atoms with Crippen LogP contribution in [0.4, 0.5) is 0 Å². The molecule has 0 fully saturated rings. The van der Waals surface area contributed by atoms with Crippen LogP contribution in [0.3, 0.4) is 0 Å². The number of hydrogen-bond acceptors (Lipinski definition) is 3. The third-order valence-electron chi connectivity index (χ3n) is 2.19. The van der Waals surface area contributed by atoms with E-state index >= 15 is 0 Å². The van der Waals surface area contributed by atoms with E-state index < -0.39 is 0 Å². The van der Waals surface area contributed by atoms with Crippen molar-refractivity contribution in [2.45, 2.75) is 6.92 Å². The zero-order chi connectivity index (χ0) is 11.4. The highest BCUT2D eigenvalue weighted by Crippen LogP contribution is 2.27. The summed E-state index contributed by atoms with van der Waals surface area (Å²) in [6.07, 6.45) is 0. The molecule has 1 aromatic rings. The monoisotopic (exact) mass is 209 g/mol. The van der Waals surface area contributed by atoms with Gasteiger partial charge in [-0.15, -0.1) is 0 Å². The van der Waals surface area contributed by atoms with Gasteiger partial charge in [0.1, 0.15) is 11.5 Å². The number of amides is 1. The molecule has 1 aromatic carbocycles. The number of carbonyl (C=O) groups excluding carboxylic acids is 1. The van der Waals surface area contributed by atoms with Gasteiger partial charge < -0.3 is 14.8 Å². The first-order valence-electron chi connectivity index (χ1n) is 4.58. The summed E-state index contributed by atoms with van der Waals surface area (Å²) in [5.41, 5.74) is 1.41. The number of ether oxygens (including phenoxy) is 2. The van der Waals surface area contributed by atoms with Crippen LogP contribution in [0, 0.1) is 6.92 Å². The van der Waals surface area contributed by atoms with Gasteiger partial charge in [0.2, 0.25) is 0 Å². The Morgan fingerprint density at radius 1 is 1.20 bits per heavy atom. The van der Waals surface area contributed by atoms with Gasteiger partial charge >= 0.3 is 0 Å². The summed E-state index contributed by atoms with van der Waals surface area (Å²) in [6, 6.07) is 3.45. The highest BCUT2D eigenvalue weighted by Gasteiger charge is 2.13. The van der Waals surface area contributed by atoms with Gasteiger partial charge in [-0.3, -0.25) is 4.79 Å². The van der Waals surface area contributed by atoms with Crippen LogP contribution in [0.5, 0.6) is 11.5 Å². The number of benzene rings is 1. The lowest BCUT2D eigenvalue weighted by Crippen LogP contribution is -2.18. The van der Waals surface area contributed by atoms with Gasteiger partial charge in [-0.05, 0) is 24.6 Å². The predicted octanol–water partition coefficient (Wildman–Crippen LogP) is 1.37. The maximum absolute atomic E-state index is 11.5. The molecular weight excluding hydrogens is 194 g/mol. The summed E-state index contributed by atoms with van der Waals surface area (Å²) in [4.78, 5) is 11.5. The Hall–Kier alpha value is -1.71. The molecule has 0 heterocycles. The normalized spacial score (nSPS) is 9.60. The third kappa shape index (κ3) is 2.21. The van der Waals surface area contributed by atoms with Crippen molar-refractivity contribution in [2.75, 3.05) is 21.3 Å². The van der Waals surface area contributed by atoms with Gasteiger partial charge in [-0.25, -0.2) is 0 Å². The van der Waals surface area contributed by atoms with Gasteiger partial charge in [0.25, 0.3) is 5.91 Å². The van der Waals surface area contributed by atoms with Gasteiger partial charge in [0.05, 0.1) is 19.8 Å². The van der Waals surface area contributed by atoms with Crippen LogP contribution >= 0.6 is 0 Å². The van der Waals surface area contributed by atoms with Crippen LogP contribution in [0.1, 0.15) is 15.9 Å². The minimum atomic E-state index is -0.190. The Bertz CT molecular complexity index is 374. The Balaban J connectivity index is 3.28. The smallest absolute Gasteiger partial charge is 0.254 e. The quantitative estimate of drug-likeness (QED) is 0.818. The molecule has 0 atom stereocenters. The van der Waals surface area contributed by atoms with E-state index in [2.05, 4.69) is 5.32 Å². The fourth-order valence-electron chi connectivity index (χ4n) is 1.36. The van der Waals surface area contributed by atoms with E-state index in [1.165, 1.54) is 7.11 Å². The molecule has 0 saturated carbocycles. The molecule has 0 aromatic heterocycles. The van der Waals surface area contributed by atoms with E-state index in [0.29, 0.717) is 17.1 Å². The summed E-state index contributed by atoms with van der Waals surface area (Å²) in [7, 11) is 4.68. The van der Waals surface area contributed by atoms with E-state index in [0.717, 1.165) is 5.56 Å². The van der Waals surface area contributed by atoms with Gasteiger partial charge in [-0.1, -0.05) is 0 Å². The summed E-state index contributed by atoms with van der Waals surface area (Å²) in [5.74, 6) is 1.03. The standard InChI is InChI=1S/C11H15NO3/c1-7-5-10(15-4)8(11(13)12-2)6-9(7)14-3/h5-6H,1-4H3,(H,12,13). The second-order valence-corrected chi connectivity index (χ2v) is 3.10. The molecule has 0 aliphatic carbocycles. The molecule has 0 bridgehead atoms. The first-order valence-corrected chi connectivity index (χ1v) is 4.58. The number of nitrogens with one attached hydrogen (secondary N) is 1. The molecule has 15 heavy (non-hydrogen) atoms. The Labute approximate surface area is 89.2 Å². The molecule has 1 rings (SSSR count). The highest BCUT2D eigenvalue weighted by molar-refractivity contribution is 5.97. The summed E-state index contributed by atoms with van der Waals surface area (Å²) >= 11 is 0. The van der Waals surface area contributed by atoms with Crippen LogP contribution < -0.4 is 14.8 Å². The number of rotatable bonds is 3. The van der Waals surface area contributed by atoms with Gasteiger partial charge in [-0.2, -0.15) is 0 Å². The van der Waals surface area contributed by atoms with Crippen LogP contribution in [0.25, 0.3) is 0 Å². The van der Waals surface area contributed by atoms with E-state index in [-0.39, 0.29) is 5.91 Å². The first-order chi connectivity index (χ1) is 7.13. The summed E-state index contributed by atoms with van der Waals surface area (Å²) in [6.45, 7) is 1.90. The fraction of sp³-hybridized carbons (Fsp3) is 0.364. The molecule has 1 amide bonds. The van der Waals surface area contributed by atoms with Crippen LogP contribution in [-0.2, 0) is 0 Å². The maximum Gasteiger partial charge on any atom is 0.254 e. The second kappa shape index (κ2) is 4.68. The Kier molecular flexibility index (Phi) is 3.55. The van der Waals surface area contributed by atoms with Crippen LogP contribution in [0.2, 0.25) is 0 Å². The predicted molar refractivity (Wildman–Crippen MR) is 57.7 cm³/mol. The Morgan fingerprint density at radius 3 is 2.27 bits per heavy atom. The SMILES string of the molecule is CNC(=O)c1cc(OC)c(C)cc1OC. The van der Waals surface area contributed by atoms with E-state index in [9.17, 15) is 4.79 Å². The van der Waals surface area contributed by atoms with Gasteiger partial charge in [0.15, 0.2) is 0 Å². The summed E-state index contributed by atoms with van der Waals surface area (Å²) in [5, 5.41) is 2.55. The lowest BCUT2D eigenvalue weighted by atomic mass is 10.1. The number of hydrogen-bond donors (Lipinski definition) is 1. The zero-order valence-corrected chi connectivity index (χ0v) is 9.38. The first kappa shape index (κ1) is 11.4. The minimum absolute atomic E-state index is 0.190. The molecule has 82 valence electrons. The second-order valence-electron chi connectivity index (χ2n) is 3.10. The van der Waals surface area contributed by atoms with Crippen molar-refractivity contribution in [3.8, 4) is 11.5 Å². The van der Waals surface area contributed by atoms with Gasteiger partial charge in [0, 0.05) is 7.05 Å². The van der Waals surface area contributed by atoms with Crippen molar-refractivity contribution in [2.24, 2.45) is 0 Å². The van der Waals surface area contributed by atoms with Crippen molar-refractivity contribution in [3.05, 3.63) is 23.3 Å². The number of carbonyl (C=O) groups is 1. The molecule has 0 aliphatic heterocycles. The molecular formula is C11H15NO3. The van der Waals surface area contributed by atoms with Crippen molar-refractivity contribution in [1.29, 1.82) is 0 Å². The molecule has 4 nitrogen and oxygen atoms in total. The van der Waals surface area contributed by atoms with E-state index in [1.807, 2.05) is 6.92 Å². The number of aryl methyl sites for hydroxylation is 1. The topological polar surface area (TPSA) is 47.6 Å². The molecule has 0 spiro atoms. The molecule has 0 unspecified atom stereocenters. The van der Waals surface area contributed by atoms with E-state index in [4.69, 9.17) is 9.47 Å². The lowest BCUT2D eigenvalue weighted by molar-refractivity contribution is 0.0959. The summed E-state index contributed by atoms with van der Waals surface area (Å²) < 4.78 is 10.3. The number of methoxy groups -OCH3 is 2. The fourth-order valence-corrected chi connectivity index (χ4v) is 1.36. The third-order valence-corrected chi connectivity index (χ3v) is 2.19. The average Bonchev–Trinajstić information content (AvgIpc) is 2.27. The molecule has 0 radical (unpaired) electrons. The molecule has 1 N–H and O–H groups in total. The van der Waals surface area contributed by atoms with Crippen molar-refractivity contribution < 1.29 is 14.3 Å². The largest absolute Gasteiger partial charge is 0.496 e. The molecule has 0 aliphatic rings. The van der Waals surface area contributed by atoms with Crippen LogP contribution in [0.15, 0.2) is 12.1 Å². The van der Waals surface area contributed by atoms with E-state index in [1.54, 1.807) is 26.3 Å². The highest BCUT2D eigenvalue weighted by atomic mass is 16.5. The van der Waals surface area contributed by atoms with Crippen molar-refractivity contribution >= 4 is 5.91 Å². The molecule has 0 saturated heterocycles. The lowest BCUT2D eigenvalue weighted by Gasteiger charge is -2.11. The van der Waals surface area contributed by atoms with Crippen molar-refractivity contribution in [1.82, 2.24) is 5.32 Å². The zero-order valence-electron chi connectivity index (χ0n) is 9.38.